The largest absolute Gasteiger partial charge is 0.384 e. The van der Waals surface area contributed by atoms with Gasteiger partial charge < -0.3 is 10.6 Å². The summed E-state index contributed by atoms with van der Waals surface area (Å²) in [5.41, 5.74) is 7.92. The number of nitriles is 1. The summed E-state index contributed by atoms with van der Waals surface area (Å²) in [4.78, 5) is 27.0. The number of likely N-dealkylation sites (tertiary alicyclic amines) is 1. The Morgan fingerprint density at radius 3 is 3.07 bits per heavy atom. The van der Waals surface area contributed by atoms with E-state index in [1.54, 1.807) is 27.6 Å². The molecule has 29 heavy (non-hydrogen) atoms. The van der Waals surface area contributed by atoms with Crippen LogP contribution in [0.4, 0.5) is 10.2 Å². The van der Waals surface area contributed by atoms with Gasteiger partial charge in [-0.05, 0) is 37.3 Å². The summed E-state index contributed by atoms with van der Waals surface area (Å²) in [7, 11) is 0. The molecule has 8 nitrogen and oxygen atoms in total. The first kappa shape index (κ1) is 18.8. The summed E-state index contributed by atoms with van der Waals surface area (Å²) in [5.74, 6) is 0.419. The van der Waals surface area contributed by atoms with Gasteiger partial charge in [0.25, 0.3) is 0 Å². The number of rotatable bonds is 4. The van der Waals surface area contributed by atoms with Gasteiger partial charge in [-0.25, -0.2) is 19.3 Å². The van der Waals surface area contributed by atoms with E-state index in [-0.39, 0.29) is 24.1 Å². The van der Waals surface area contributed by atoms with E-state index in [2.05, 4.69) is 15.0 Å². The summed E-state index contributed by atoms with van der Waals surface area (Å²) in [6.45, 7) is 1.28. The highest BCUT2D eigenvalue weighted by Gasteiger charge is 2.24. The highest BCUT2D eigenvalue weighted by molar-refractivity contribution is 5.78. The molecule has 0 radical (unpaired) electrons. The van der Waals surface area contributed by atoms with E-state index in [4.69, 9.17) is 11.0 Å². The maximum atomic E-state index is 13.7. The first-order valence-electron chi connectivity index (χ1n) is 9.44. The van der Waals surface area contributed by atoms with Crippen molar-refractivity contribution in [3.05, 3.63) is 42.1 Å². The number of nitrogen functional groups attached to an aromatic ring is 1. The molecule has 1 saturated heterocycles. The molecule has 9 heteroatoms. The number of fused-ring (bicyclic) bond motifs is 1. The van der Waals surface area contributed by atoms with Gasteiger partial charge in [-0.15, -0.1) is 0 Å². The number of nitrogens with zero attached hydrogens (tertiary/aromatic N) is 6. The molecule has 0 aromatic carbocycles. The highest BCUT2D eigenvalue weighted by atomic mass is 19.1. The van der Waals surface area contributed by atoms with Crippen LogP contribution in [0.5, 0.6) is 0 Å². The second-order valence-corrected chi connectivity index (χ2v) is 7.21. The Morgan fingerprint density at radius 1 is 1.38 bits per heavy atom. The molecule has 0 unspecified atom stereocenters. The number of imidazole rings is 1. The zero-order chi connectivity index (χ0) is 20.4. The number of hydrogen-bond acceptors (Lipinski definition) is 6. The average molecular weight is 393 g/mol. The molecule has 148 valence electrons. The summed E-state index contributed by atoms with van der Waals surface area (Å²) < 4.78 is 15.3. The molecular weight excluding hydrogens is 373 g/mol. The van der Waals surface area contributed by atoms with E-state index in [0.29, 0.717) is 42.5 Å². The van der Waals surface area contributed by atoms with Crippen molar-refractivity contribution in [2.24, 2.45) is 5.92 Å². The van der Waals surface area contributed by atoms with E-state index < -0.39 is 0 Å². The van der Waals surface area contributed by atoms with E-state index in [9.17, 15) is 9.18 Å². The molecule has 4 rings (SSSR count). The molecule has 0 saturated carbocycles. The maximum absolute atomic E-state index is 13.7. The van der Waals surface area contributed by atoms with Gasteiger partial charge in [0.15, 0.2) is 5.82 Å². The molecule has 2 N–H and O–H groups in total. The number of anilines is 1. The Labute approximate surface area is 166 Å². The summed E-state index contributed by atoms with van der Waals surface area (Å²) in [6, 6.07) is 6.57. The normalized spacial score (nSPS) is 16.7. The molecule has 0 spiro atoms. The number of carbonyl (C=O) groups excluding carboxylic acids is 1. The molecule has 3 aromatic rings. The first-order valence-corrected chi connectivity index (χ1v) is 9.44. The monoisotopic (exact) mass is 393 g/mol. The number of carbonyl (C=O) groups is 1. The molecule has 1 aliphatic rings. The van der Waals surface area contributed by atoms with Crippen molar-refractivity contribution in [3.8, 4) is 17.6 Å². The van der Waals surface area contributed by atoms with Crippen molar-refractivity contribution in [1.82, 2.24) is 24.3 Å². The van der Waals surface area contributed by atoms with E-state index in [0.717, 1.165) is 18.5 Å². The number of aromatic nitrogens is 4. The van der Waals surface area contributed by atoms with Gasteiger partial charge in [-0.3, -0.25) is 9.20 Å². The quantitative estimate of drug-likeness (QED) is 0.727. The van der Waals surface area contributed by atoms with E-state index in [1.807, 2.05) is 6.07 Å². The van der Waals surface area contributed by atoms with Crippen LogP contribution < -0.4 is 5.73 Å². The molecular formula is C20H20FN7O. The molecule has 3 aromatic heterocycles. The third-order valence-electron chi connectivity index (χ3n) is 5.10. The second-order valence-electron chi connectivity index (χ2n) is 7.21. The van der Waals surface area contributed by atoms with Crippen molar-refractivity contribution in [1.29, 1.82) is 5.26 Å². The Morgan fingerprint density at radius 2 is 2.24 bits per heavy atom. The summed E-state index contributed by atoms with van der Waals surface area (Å²) in [5, 5.41) is 8.75. The van der Waals surface area contributed by atoms with Gasteiger partial charge >= 0.3 is 0 Å². The molecule has 1 amide bonds. The van der Waals surface area contributed by atoms with Gasteiger partial charge in [0.05, 0.1) is 12.3 Å². The third kappa shape index (κ3) is 4.01. The van der Waals surface area contributed by atoms with E-state index in [1.165, 1.54) is 12.3 Å². The number of halogens is 1. The molecule has 1 atom stereocenters. The lowest BCUT2D eigenvalue weighted by molar-refractivity contribution is -0.131. The first-order chi connectivity index (χ1) is 14.0. The zero-order valence-electron chi connectivity index (χ0n) is 15.8. The van der Waals surface area contributed by atoms with Crippen molar-refractivity contribution in [2.45, 2.75) is 25.7 Å². The highest BCUT2D eigenvalue weighted by Crippen LogP contribution is 2.24. The van der Waals surface area contributed by atoms with Crippen LogP contribution in [0.3, 0.4) is 0 Å². The van der Waals surface area contributed by atoms with Crippen LogP contribution in [0, 0.1) is 23.1 Å². The van der Waals surface area contributed by atoms with Crippen molar-refractivity contribution in [3.63, 3.8) is 0 Å². The lowest BCUT2D eigenvalue weighted by Gasteiger charge is -2.32. The Bertz CT molecular complexity index is 1100. The van der Waals surface area contributed by atoms with Crippen LogP contribution in [-0.4, -0.2) is 43.2 Å². The number of amides is 1. The predicted octanol–water partition coefficient (Wildman–Crippen LogP) is 2.21. The maximum Gasteiger partial charge on any atom is 0.236 e. The van der Waals surface area contributed by atoms with Crippen LogP contribution in [0.15, 0.2) is 30.6 Å². The van der Waals surface area contributed by atoms with Crippen molar-refractivity contribution >= 4 is 17.4 Å². The fraction of sp³-hybridized carbons (Fsp3) is 0.350. The number of piperidine rings is 1. The van der Waals surface area contributed by atoms with Gasteiger partial charge in [0, 0.05) is 31.0 Å². The molecule has 1 aliphatic heterocycles. The number of pyridine rings is 1. The lowest BCUT2D eigenvalue weighted by atomic mass is 9.93. The van der Waals surface area contributed by atoms with E-state index >= 15 is 0 Å². The third-order valence-corrected chi connectivity index (χ3v) is 5.10. The minimum Gasteiger partial charge on any atom is -0.384 e. The SMILES string of the molecule is N#CCC(=O)N1CCC[C@@H](Cc2cc(N)nc(-c3cnc4ccc(F)cn34)n2)C1. The topological polar surface area (TPSA) is 113 Å². The smallest absolute Gasteiger partial charge is 0.236 e. The van der Waals surface area contributed by atoms with Crippen LogP contribution in [0.25, 0.3) is 17.2 Å². The average Bonchev–Trinajstić information content (AvgIpc) is 3.11. The second kappa shape index (κ2) is 7.83. The Kier molecular flexibility index (Phi) is 5.08. The molecule has 4 heterocycles. The van der Waals surface area contributed by atoms with Crippen molar-refractivity contribution in [2.75, 3.05) is 18.8 Å². The summed E-state index contributed by atoms with van der Waals surface area (Å²) >= 11 is 0. The minimum absolute atomic E-state index is 0.0951. The van der Waals surface area contributed by atoms with Crippen LogP contribution in [0.1, 0.15) is 25.0 Å². The Balaban J connectivity index is 1.58. The summed E-state index contributed by atoms with van der Waals surface area (Å²) in [6.07, 6.45) is 5.33. The van der Waals surface area contributed by atoms with Crippen LogP contribution in [0.2, 0.25) is 0 Å². The number of nitrogens with two attached hydrogens (primary N) is 1. The predicted molar refractivity (Wildman–Crippen MR) is 104 cm³/mol. The van der Waals surface area contributed by atoms with Crippen molar-refractivity contribution < 1.29 is 9.18 Å². The van der Waals surface area contributed by atoms with Gasteiger partial charge in [0.2, 0.25) is 5.91 Å². The fourth-order valence-electron chi connectivity index (χ4n) is 3.79. The fourth-order valence-corrected chi connectivity index (χ4v) is 3.79. The van der Waals surface area contributed by atoms with Gasteiger partial charge in [-0.2, -0.15) is 5.26 Å². The molecule has 1 fully saturated rings. The lowest BCUT2D eigenvalue weighted by Crippen LogP contribution is -2.40. The Hall–Kier alpha value is -3.54. The van der Waals surface area contributed by atoms with Gasteiger partial charge in [-0.1, -0.05) is 0 Å². The van der Waals surface area contributed by atoms with Gasteiger partial charge in [0.1, 0.15) is 29.4 Å². The zero-order valence-corrected chi connectivity index (χ0v) is 15.8. The number of hydrogen-bond donors (Lipinski definition) is 1. The molecule has 0 bridgehead atoms. The standard InChI is InChI=1S/C20H20FN7O/c21-14-3-4-18-24-10-16(28(18)12-14)20-25-15(9-17(23)26-20)8-13-2-1-7-27(11-13)19(29)5-6-22/h3-4,9-10,12-13H,1-2,5,7-8,11H2,(H2,23,25,26)/t13-/m0/s1. The minimum atomic E-state index is -0.384. The van der Waals surface area contributed by atoms with Crippen LogP contribution in [-0.2, 0) is 11.2 Å². The molecule has 0 aliphatic carbocycles. The van der Waals surface area contributed by atoms with Crippen LogP contribution >= 0.6 is 0 Å².